The Morgan fingerprint density at radius 2 is 1.36 bits per heavy atom. The Labute approximate surface area is 171 Å². The molecule has 0 aliphatic carbocycles. The van der Waals surface area contributed by atoms with E-state index in [1.165, 1.54) is 44.9 Å². The summed E-state index contributed by atoms with van der Waals surface area (Å²) in [7, 11) is 0. The maximum absolute atomic E-state index is 9.78. The molecule has 0 bridgehead atoms. The van der Waals surface area contributed by atoms with Crippen LogP contribution in [0.3, 0.4) is 0 Å². The quantitative estimate of drug-likeness (QED) is 0.389. The van der Waals surface area contributed by atoms with E-state index in [0.717, 1.165) is 36.7 Å². The third-order valence-electron chi connectivity index (χ3n) is 5.37. The van der Waals surface area contributed by atoms with Gasteiger partial charge in [0.25, 0.3) is 0 Å². The summed E-state index contributed by atoms with van der Waals surface area (Å²) in [6, 6.07) is 15.0. The highest BCUT2D eigenvalue weighted by Gasteiger charge is 2.11. The monoisotopic (exact) mass is 383 g/mol. The van der Waals surface area contributed by atoms with Gasteiger partial charge in [-0.3, -0.25) is 4.90 Å². The molecule has 2 rings (SSSR count). The van der Waals surface area contributed by atoms with E-state index in [1.54, 1.807) is 12.1 Å². The molecule has 3 heteroatoms. The highest BCUT2D eigenvalue weighted by molar-refractivity contribution is 5.28. The molecule has 2 aromatic rings. The van der Waals surface area contributed by atoms with Crippen molar-refractivity contribution in [3.8, 4) is 11.5 Å². The van der Waals surface area contributed by atoms with Gasteiger partial charge in [-0.25, -0.2) is 0 Å². The van der Waals surface area contributed by atoms with Gasteiger partial charge in [0, 0.05) is 13.1 Å². The van der Waals surface area contributed by atoms with Crippen molar-refractivity contribution in [3.05, 3.63) is 59.7 Å². The third kappa shape index (κ3) is 8.79. The molecule has 0 fully saturated rings. The van der Waals surface area contributed by atoms with Gasteiger partial charge in [0.05, 0.1) is 0 Å². The molecule has 3 nitrogen and oxygen atoms in total. The first-order chi connectivity index (χ1) is 13.6. The largest absolute Gasteiger partial charge is 0.508 e. The highest BCUT2D eigenvalue weighted by atomic mass is 16.3. The lowest BCUT2D eigenvalue weighted by Gasteiger charge is -2.24. The van der Waals surface area contributed by atoms with Crippen LogP contribution in [0.4, 0.5) is 0 Å². The zero-order chi connectivity index (χ0) is 20.2. The minimum atomic E-state index is 0.315. The van der Waals surface area contributed by atoms with Crippen LogP contribution in [0.2, 0.25) is 0 Å². The maximum Gasteiger partial charge on any atom is 0.115 e. The summed E-state index contributed by atoms with van der Waals surface area (Å²) >= 11 is 0. The summed E-state index contributed by atoms with van der Waals surface area (Å²) in [5, 5.41) is 19.6. The van der Waals surface area contributed by atoms with E-state index in [4.69, 9.17) is 0 Å². The zero-order valence-corrected chi connectivity index (χ0v) is 17.6. The van der Waals surface area contributed by atoms with Crippen molar-refractivity contribution in [1.29, 1.82) is 0 Å². The van der Waals surface area contributed by atoms with E-state index in [9.17, 15) is 10.2 Å². The molecular weight excluding hydrogens is 346 g/mol. The number of nitrogens with zero attached hydrogens (tertiary/aromatic N) is 1. The predicted molar refractivity (Wildman–Crippen MR) is 117 cm³/mol. The lowest BCUT2D eigenvalue weighted by Crippen LogP contribution is -2.25. The molecule has 2 aromatic carbocycles. The molecule has 28 heavy (non-hydrogen) atoms. The number of hydrogen-bond donors (Lipinski definition) is 2. The van der Waals surface area contributed by atoms with Gasteiger partial charge in [-0.05, 0) is 54.3 Å². The van der Waals surface area contributed by atoms with Gasteiger partial charge < -0.3 is 10.2 Å². The summed E-state index contributed by atoms with van der Waals surface area (Å²) in [5.41, 5.74) is 2.24. The molecule has 2 N–H and O–H groups in total. The first-order valence-corrected chi connectivity index (χ1v) is 10.8. The van der Waals surface area contributed by atoms with Crippen LogP contribution in [-0.4, -0.2) is 21.7 Å². The Hall–Kier alpha value is -2.00. The van der Waals surface area contributed by atoms with Crippen LogP contribution < -0.4 is 0 Å². The fourth-order valence-corrected chi connectivity index (χ4v) is 3.68. The average Bonchev–Trinajstić information content (AvgIpc) is 2.66. The van der Waals surface area contributed by atoms with E-state index in [2.05, 4.69) is 30.9 Å². The van der Waals surface area contributed by atoms with Gasteiger partial charge in [0.1, 0.15) is 11.5 Å². The Morgan fingerprint density at radius 3 is 1.89 bits per heavy atom. The van der Waals surface area contributed by atoms with Crippen molar-refractivity contribution < 1.29 is 10.2 Å². The zero-order valence-electron chi connectivity index (χ0n) is 17.6. The van der Waals surface area contributed by atoms with E-state index in [-0.39, 0.29) is 0 Å². The van der Waals surface area contributed by atoms with Crippen molar-refractivity contribution >= 4 is 0 Å². The molecule has 0 saturated heterocycles. The van der Waals surface area contributed by atoms with Gasteiger partial charge in [0.15, 0.2) is 0 Å². The molecule has 1 unspecified atom stereocenters. The molecule has 154 valence electrons. The Morgan fingerprint density at radius 1 is 0.786 bits per heavy atom. The highest BCUT2D eigenvalue weighted by Crippen LogP contribution is 2.20. The van der Waals surface area contributed by atoms with Gasteiger partial charge >= 0.3 is 0 Å². The molecule has 0 spiro atoms. The molecule has 0 aromatic heterocycles. The number of rotatable bonds is 13. The second-order valence-corrected chi connectivity index (χ2v) is 8.15. The number of phenols is 2. The second-order valence-electron chi connectivity index (χ2n) is 8.15. The molecule has 0 amide bonds. The number of benzene rings is 2. The summed E-state index contributed by atoms with van der Waals surface area (Å²) in [6.45, 7) is 7.23. The lowest BCUT2D eigenvalue weighted by molar-refractivity contribution is 0.234. The van der Waals surface area contributed by atoms with Crippen LogP contribution in [0, 0.1) is 5.92 Å². The van der Waals surface area contributed by atoms with Crippen LogP contribution in [0.1, 0.15) is 69.9 Å². The van der Waals surface area contributed by atoms with Crippen molar-refractivity contribution in [2.24, 2.45) is 5.92 Å². The summed E-state index contributed by atoms with van der Waals surface area (Å²) < 4.78 is 0. The fraction of sp³-hybridized carbons (Fsp3) is 0.520. The van der Waals surface area contributed by atoms with Gasteiger partial charge in [0.2, 0.25) is 0 Å². The normalized spacial score (nSPS) is 12.4. The smallest absolute Gasteiger partial charge is 0.115 e. The number of aromatic hydroxyl groups is 2. The van der Waals surface area contributed by atoms with Crippen molar-refractivity contribution in [2.75, 3.05) is 6.54 Å². The van der Waals surface area contributed by atoms with Crippen LogP contribution in [0.5, 0.6) is 11.5 Å². The molecule has 0 aliphatic heterocycles. The minimum Gasteiger partial charge on any atom is -0.508 e. The summed E-state index contributed by atoms with van der Waals surface area (Å²) in [4.78, 5) is 2.41. The topological polar surface area (TPSA) is 43.7 Å². The molecule has 0 radical (unpaired) electrons. The maximum atomic E-state index is 9.78. The van der Waals surface area contributed by atoms with Crippen LogP contribution in [0.25, 0.3) is 0 Å². The molecule has 0 heterocycles. The SMILES string of the molecule is CCCCCCCC(C)CCN(Cc1cccc(O)c1)Cc1cccc(O)c1. The second kappa shape index (κ2) is 12.5. The van der Waals surface area contributed by atoms with Crippen molar-refractivity contribution in [3.63, 3.8) is 0 Å². The fourth-order valence-electron chi connectivity index (χ4n) is 3.68. The van der Waals surface area contributed by atoms with Crippen LogP contribution in [-0.2, 0) is 13.1 Å². The van der Waals surface area contributed by atoms with Crippen LogP contribution in [0.15, 0.2) is 48.5 Å². The molecule has 0 saturated carbocycles. The summed E-state index contributed by atoms with van der Waals surface area (Å²) in [6.07, 6.45) is 9.19. The van der Waals surface area contributed by atoms with Gasteiger partial charge in [-0.2, -0.15) is 0 Å². The van der Waals surface area contributed by atoms with E-state index in [0.29, 0.717) is 11.5 Å². The Bertz CT molecular complexity index is 638. The number of hydrogen-bond acceptors (Lipinski definition) is 3. The van der Waals surface area contributed by atoms with Crippen molar-refractivity contribution in [2.45, 2.75) is 71.9 Å². The van der Waals surface area contributed by atoms with E-state index < -0.39 is 0 Å². The van der Waals surface area contributed by atoms with E-state index >= 15 is 0 Å². The van der Waals surface area contributed by atoms with Gasteiger partial charge in [-0.15, -0.1) is 0 Å². The Kier molecular flexibility index (Phi) is 9.92. The van der Waals surface area contributed by atoms with Gasteiger partial charge in [-0.1, -0.05) is 76.6 Å². The first-order valence-electron chi connectivity index (χ1n) is 10.8. The van der Waals surface area contributed by atoms with Crippen molar-refractivity contribution in [1.82, 2.24) is 4.90 Å². The molecular formula is C25H37NO2. The number of phenolic OH excluding ortho intramolecular Hbond substituents is 2. The summed E-state index contributed by atoms with van der Waals surface area (Å²) in [5.74, 6) is 1.35. The Balaban J connectivity index is 1.90. The molecule has 1 atom stereocenters. The van der Waals surface area contributed by atoms with Crippen LogP contribution >= 0.6 is 0 Å². The molecule has 0 aliphatic rings. The lowest BCUT2D eigenvalue weighted by atomic mass is 9.98. The van der Waals surface area contributed by atoms with E-state index in [1.807, 2.05) is 24.3 Å². The first kappa shape index (κ1) is 22.3. The predicted octanol–water partition coefficient (Wildman–Crippen LogP) is 6.49. The standard InChI is InChI=1S/C25H37NO2/c1-3-4-5-6-7-10-21(2)15-16-26(19-22-11-8-13-24(27)17-22)20-23-12-9-14-25(28)18-23/h8-9,11-14,17-18,21,27-28H,3-7,10,15-16,19-20H2,1-2H3. The number of unbranched alkanes of at least 4 members (excludes halogenated alkanes) is 4. The minimum absolute atomic E-state index is 0.315. The average molecular weight is 384 g/mol. The third-order valence-corrected chi connectivity index (χ3v) is 5.37.